The molecule has 0 spiro atoms. The summed E-state index contributed by atoms with van der Waals surface area (Å²) in [5.74, 6) is 2.48. The first-order valence-corrected chi connectivity index (χ1v) is 8.95. The number of nitrogens with one attached hydrogen (secondary N) is 1. The van der Waals surface area contributed by atoms with Gasteiger partial charge in [0.1, 0.15) is 30.0 Å². The first kappa shape index (κ1) is 16.9. The standard InChI is InChI=1S/C19H24N4O3/c1-22-7-6-21-18(22)16-11-20-5-8-23(16)19(24)14-9-13-10-15(25-2)3-4-17(13)26-12-14/h3-4,6-7,10,14,16,20H,5,8-9,11-12H2,1-2H3. The van der Waals surface area contributed by atoms with Crippen molar-refractivity contribution in [3.63, 3.8) is 0 Å². The lowest BCUT2D eigenvalue weighted by Gasteiger charge is -2.38. The molecule has 1 saturated heterocycles. The lowest BCUT2D eigenvalue weighted by atomic mass is 9.94. The first-order valence-electron chi connectivity index (χ1n) is 8.95. The molecule has 1 aromatic heterocycles. The zero-order valence-corrected chi connectivity index (χ0v) is 15.1. The Kier molecular flexibility index (Phi) is 4.55. The van der Waals surface area contributed by atoms with Crippen molar-refractivity contribution >= 4 is 5.91 Å². The normalized spacial score (nSPS) is 22.5. The minimum absolute atomic E-state index is 0.0528. The first-order chi connectivity index (χ1) is 12.7. The van der Waals surface area contributed by atoms with E-state index < -0.39 is 0 Å². The summed E-state index contributed by atoms with van der Waals surface area (Å²) in [6.07, 6.45) is 4.36. The molecule has 2 aliphatic heterocycles. The number of carbonyl (C=O) groups is 1. The molecule has 0 saturated carbocycles. The van der Waals surface area contributed by atoms with Crippen LogP contribution in [0.3, 0.4) is 0 Å². The van der Waals surface area contributed by atoms with Gasteiger partial charge in [-0.3, -0.25) is 4.79 Å². The molecule has 7 nitrogen and oxygen atoms in total. The van der Waals surface area contributed by atoms with E-state index in [0.717, 1.165) is 29.4 Å². The van der Waals surface area contributed by atoms with Crippen molar-refractivity contribution in [2.45, 2.75) is 12.5 Å². The third-order valence-electron chi connectivity index (χ3n) is 5.21. The van der Waals surface area contributed by atoms with Gasteiger partial charge in [0.25, 0.3) is 0 Å². The Bertz CT molecular complexity index is 804. The number of methoxy groups -OCH3 is 1. The lowest BCUT2D eigenvalue weighted by molar-refractivity contribution is -0.140. The molecule has 2 atom stereocenters. The number of aryl methyl sites for hydroxylation is 1. The molecule has 26 heavy (non-hydrogen) atoms. The minimum Gasteiger partial charge on any atom is -0.497 e. The summed E-state index contributed by atoms with van der Waals surface area (Å²) < 4.78 is 13.1. The number of amides is 1. The van der Waals surface area contributed by atoms with E-state index in [1.165, 1.54) is 0 Å². The van der Waals surface area contributed by atoms with Gasteiger partial charge in [0, 0.05) is 39.1 Å². The van der Waals surface area contributed by atoms with Crippen LogP contribution in [0.1, 0.15) is 17.4 Å². The summed E-state index contributed by atoms with van der Waals surface area (Å²) in [6, 6.07) is 5.70. The molecule has 2 aromatic rings. The molecular weight excluding hydrogens is 332 g/mol. The van der Waals surface area contributed by atoms with E-state index >= 15 is 0 Å². The Morgan fingerprint density at radius 3 is 3.08 bits per heavy atom. The average molecular weight is 356 g/mol. The summed E-state index contributed by atoms with van der Waals surface area (Å²) >= 11 is 0. The van der Waals surface area contributed by atoms with Crippen molar-refractivity contribution < 1.29 is 14.3 Å². The van der Waals surface area contributed by atoms with Gasteiger partial charge in [-0.2, -0.15) is 0 Å². The third-order valence-corrected chi connectivity index (χ3v) is 5.21. The van der Waals surface area contributed by atoms with E-state index in [-0.39, 0.29) is 17.9 Å². The molecule has 2 unspecified atom stereocenters. The molecule has 0 aliphatic carbocycles. The summed E-state index contributed by atoms with van der Waals surface area (Å²) in [4.78, 5) is 19.7. The summed E-state index contributed by atoms with van der Waals surface area (Å²) in [5, 5.41) is 3.37. The van der Waals surface area contributed by atoms with Gasteiger partial charge < -0.3 is 24.3 Å². The number of fused-ring (bicyclic) bond motifs is 1. The predicted molar refractivity (Wildman–Crippen MR) is 96.2 cm³/mol. The van der Waals surface area contributed by atoms with E-state index in [0.29, 0.717) is 26.1 Å². The molecule has 138 valence electrons. The minimum atomic E-state index is -0.185. The number of piperazine rings is 1. The summed E-state index contributed by atoms with van der Waals surface area (Å²) in [6.45, 7) is 2.60. The molecule has 2 aliphatic rings. The van der Waals surface area contributed by atoms with Gasteiger partial charge in [-0.1, -0.05) is 0 Å². The predicted octanol–water partition coefficient (Wildman–Crippen LogP) is 1.15. The van der Waals surface area contributed by atoms with Crippen molar-refractivity contribution in [1.82, 2.24) is 19.8 Å². The van der Waals surface area contributed by atoms with E-state index in [2.05, 4.69) is 10.3 Å². The molecule has 1 N–H and O–H groups in total. The highest BCUT2D eigenvalue weighted by molar-refractivity contribution is 5.80. The zero-order chi connectivity index (χ0) is 18.1. The maximum absolute atomic E-state index is 13.3. The molecule has 1 fully saturated rings. The lowest BCUT2D eigenvalue weighted by Crippen LogP contribution is -2.52. The Morgan fingerprint density at radius 1 is 1.42 bits per heavy atom. The smallest absolute Gasteiger partial charge is 0.230 e. The van der Waals surface area contributed by atoms with Crippen molar-refractivity contribution in [3.8, 4) is 11.5 Å². The summed E-state index contributed by atoms with van der Waals surface area (Å²) in [7, 11) is 3.61. The zero-order valence-electron chi connectivity index (χ0n) is 15.1. The largest absolute Gasteiger partial charge is 0.497 e. The topological polar surface area (TPSA) is 68.6 Å². The number of aromatic nitrogens is 2. The van der Waals surface area contributed by atoms with Gasteiger partial charge in [0.05, 0.1) is 13.0 Å². The van der Waals surface area contributed by atoms with Crippen LogP contribution >= 0.6 is 0 Å². The van der Waals surface area contributed by atoms with Gasteiger partial charge in [-0.25, -0.2) is 4.98 Å². The molecule has 1 amide bonds. The quantitative estimate of drug-likeness (QED) is 0.894. The van der Waals surface area contributed by atoms with Gasteiger partial charge in [-0.05, 0) is 30.2 Å². The average Bonchev–Trinajstić information content (AvgIpc) is 3.12. The monoisotopic (exact) mass is 356 g/mol. The Hall–Kier alpha value is -2.54. The SMILES string of the molecule is COc1ccc2c(c1)CC(C(=O)N1CCNCC1c1nccn1C)CO2. The second-order valence-electron chi connectivity index (χ2n) is 6.83. The van der Waals surface area contributed by atoms with Gasteiger partial charge >= 0.3 is 0 Å². The van der Waals surface area contributed by atoms with Crippen LogP contribution in [0.15, 0.2) is 30.6 Å². The second-order valence-corrected chi connectivity index (χ2v) is 6.83. The van der Waals surface area contributed by atoms with Gasteiger partial charge in [-0.15, -0.1) is 0 Å². The number of hydrogen-bond donors (Lipinski definition) is 1. The highest BCUT2D eigenvalue weighted by Crippen LogP contribution is 2.32. The fourth-order valence-corrected chi connectivity index (χ4v) is 3.79. The van der Waals surface area contributed by atoms with Crippen molar-refractivity contribution in [2.24, 2.45) is 13.0 Å². The maximum Gasteiger partial charge on any atom is 0.230 e. The van der Waals surface area contributed by atoms with Gasteiger partial charge in [0.15, 0.2) is 0 Å². The molecule has 3 heterocycles. The molecule has 0 radical (unpaired) electrons. The van der Waals surface area contributed by atoms with E-state index in [1.807, 2.05) is 40.9 Å². The van der Waals surface area contributed by atoms with E-state index in [9.17, 15) is 4.79 Å². The third kappa shape index (κ3) is 3.03. The van der Waals surface area contributed by atoms with Crippen molar-refractivity contribution in [3.05, 3.63) is 42.0 Å². The number of benzene rings is 1. The molecular formula is C19H24N4O3. The number of ether oxygens (including phenoxy) is 2. The van der Waals surface area contributed by atoms with Crippen molar-refractivity contribution in [2.75, 3.05) is 33.4 Å². The fourth-order valence-electron chi connectivity index (χ4n) is 3.79. The number of imidazole rings is 1. The molecule has 1 aromatic carbocycles. The summed E-state index contributed by atoms with van der Waals surface area (Å²) in [5.41, 5.74) is 1.03. The van der Waals surface area contributed by atoms with Crippen LogP contribution in [-0.2, 0) is 18.3 Å². The van der Waals surface area contributed by atoms with Gasteiger partial charge in [0.2, 0.25) is 5.91 Å². The Morgan fingerprint density at radius 2 is 2.31 bits per heavy atom. The molecule has 7 heteroatoms. The van der Waals surface area contributed by atoms with Crippen molar-refractivity contribution in [1.29, 1.82) is 0 Å². The Balaban J connectivity index is 1.55. The number of rotatable bonds is 3. The van der Waals surface area contributed by atoms with Crippen LogP contribution < -0.4 is 14.8 Å². The Labute approximate surface area is 152 Å². The highest BCUT2D eigenvalue weighted by atomic mass is 16.5. The van der Waals surface area contributed by atoms with Crippen LogP contribution in [0.5, 0.6) is 11.5 Å². The number of nitrogens with zero attached hydrogens (tertiary/aromatic N) is 3. The number of hydrogen-bond acceptors (Lipinski definition) is 5. The van der Waals surface area contributed by atoms with Crippen LogP contribution in [0, 0.1) is 5.92 Å². The fraction of sp³-hybridized carbons (Fsp3) is 0.474. The van der Waals surface area contributed by atoms with E-state index in [1.54, 1.807) is 13.3 Å². The maximum atomic E-state index is 13.3. The second kappa shape index (κ2) is 6.99. The molecule has 0 bridgehead atoms. The van der Waals surface area contributed by atoms with Crippen LogP contribution in [0.2, 0.25) is 0 Å². The molecule has 4 rings (SSSR count). The number of carbonyl (C=O) groups excluding carboxylic acids is 1. The van der Waals surface area contributed by atoms with Crippen LogP contribution in [-0.4, -0.2) is 53.7 Å². The highest BCUT2D eigenvalue weighted by Gasteiger charge is 2.36. The van der Waals surface area contributed by atoms with E-state index in [4.69, 9.17) is 9.47 Å². The van der Waals surface area contributed by atoms with Crippen LogP contribution in [0.4, 0.5) is 0 Å². The van der Waals surface area contributed by atoms with Crippen LogP contribution in [0.25, 0.3) is 0 Å².